The number of halogens is 1. The van der Waals surface area contributed by atoms with Gasteiger partial charge in [0.15, 0.2) is 11.6 Å². The molecule has 3 heterocycles. The van der Waals surface area contributed by atoms with Crippen molar-refractivity contribution in [3.8, 4) is 11.5 Å². The summed E-state index contributed by atoms with van der Waals surface area (Å²) < 4.78 is 20.6. The highest BCUT2D eigenvalue weighted by molar-refractivity contribution is 7.20. The summed E-state index contributed by atoms with van der Waals surface area (Å²) in [5, 5.41) is 0. The van der Waals surface area contributed by atoms with Gasteiger partial charge in [0.2, 0.25) is 0 Å². The second kappa shape index (κ2) is 6.34. The molecule has 0 unspecified atom stereocenters. The Morgan fingerprint density at radius 2 is 2.08 bits per heavy atom. The third kappa shape index (κ3) is 2.92. The van der Waals surface area contributed by atoms with E-state index in [0.29, 0.717) is 5.75 Å². The Kier molecular flexibility index (Phi) is 4.04. The number of ether oxygens (including phenoxy) is 1. The van der Waals surface area contributed by atoms with Crippen LogP contribution in [0.4, 0.5) is 4.39 Å². The fourth-order valence-electron chi connectivity index (χ4n) is 2.87. The van der Waals surface area contributed by atoms with Gasteiger partial charge in [-0.25, -0.2) is 4.39 Å². The first-order valence-corrected chi connectivity index (χ1v) is 8.71. The minimum absolute atomic E-state index is 0.233. The Balaban J connectivity index is 1.72. The molecule has 122 valence electrons. The molecule has 0 fully saturated rings. The van der Waals surface area contributed by atoms with Crippen LogP contribution in [0.2, 0.25) is 0 Å². The summed E-state index contributed by atoms with van der Waals surface area (Å²) >= 11 is 1.65. The van der Waals surface area contributed by atoms with E-state index >= 15 is 0 Å². The van der Waals surface area contributed by atoms with E-state index in [1.54, 1.807) is 41.8 Å². The van der Waals surface area contributed by atoms with Gasteiger partial charge in [0, 0.05) is 30.2 Å². The summed E-state index contributed by atoms with van der Waals surface area (Å²) in [7, 11) is 2.13. The Morgan fingerprint density at radius 1 is 1.21 bits per heavy atom. The van der Waals surface area contributed by atoms with Gasteiger partial charge >= 0.3 is 0 Å². The number of hydrogen-bond acceptors (Lipinski definition) is 4. The molecular formula is C19H17FN2OS. The smallest absolute Gasteiger partial charge is 0.165 e. The Morgan fingerprint density at radius 3 is 2.92 bits per heavy atom. The molecule has 4 rings (SSSR count). The lowest BCUT2D eigenvalue weighted by molar-refractivity contribution is 0.373. The van der Waals surface area contributed by atoms with E-state index in [2.05, 4.69) is 29.1 Å². The van der Waals surface area contributed by atoms with Crippen molar-refractivity contribution < 1.29 is 9.13 Å². The Bertz CT molecular complexity index is 919. The maximum atomic E-state index is 13.9. The summed E-state index contributed by atoms with van der Waals surface area (Å²) in [4.78, 5) is 7.95. The van der Waals surface area contributed by atoms with E-state index in [9.17, 15) is 4.39 Å². The van der Waals surface area contributed by atoms with Crippen LogP contribution in [-0.2, 0) is 0 Å². The van der Waals surface area contributed by atoms with Gasteiger partial charge in [-0.1, -0.05) is 18.2 Å². The molecule has 1 aliphatic rings. The normalized spacial score (nSPS) is 15.5. The fraction of sp³-hybridized carbons (Fsp3) is 0.211. The van der Waals surface area contributed by atoms with Crippen LogP contribution in [0.5, 0.6) is 11.5 Å². The van der Waals surface area contributed by atoms with E-state index in [4.69, 9.17) is 4.74 Å². The van der Waals surface area contributed by atoms with Crippen molar-refractivity contribution in [2.45, 2.75) is 6.42 Å². The fourth-order valence-corrected chi connectivity index (χ4v) is 3.97. The lowest BCUT2D eigenvalue weighted by Gasteiger charge is -2.22. The molecular weight excluding hydrogens is 323 g/mol. The predicted octanol–water partition coefficient (Wildman–Crippen LogP) is 4.95. The average molecular weight is 340 g/mol. The maximum absolute atomic E-state index is 13.9. The SMILES string of the molecule is CN1CCC=C(c2cc3nccc(Oc4ccccc4F)c3s2)C1. The molecule has 1 aromatic carbocycles. The molecule has 5 heteroatoms. The molecule has 0 aliphatic carbocycles. The summed E-state index contributed by atoms with van der Waals surface area (Å²) in [6, 6.07) is 10.3. The van der Waals surface area contributed by atoms with Crippen LogP contribution in [0.3, 0.4) is 0 Å². The molecule has 3 aromatic rings. The number of fused-ring (bicyclic) bond motifs is 1. The van der Waals surface area contributed by atoms with E-state index < -0.39 is 0 Å². The minimum Gasteiger partial charge on any atom is -0.453 e. The largest absolute Gasteiger partial charge is 0.453 e. The average Bonchev–Trinajstić information content (AvgIpc) is 3.02. The second-order valence-corrected chi connectivity index (χ2v) is 6.97. The first-order valence-electron chi connectivity index (χ1n) is 7.89. The Hall–Kier alpha value is -2.24. The van der Waals surface area contributed by atoms with Gasteiger partial charge in [-0.15, -0.1) is 11.3 Å². The van der Waals surface area contributed by atoms with Crippen molar-refractivity contribution in [3.05, 3.63) is 59.4 Å². The number of likely N-dealkylation sites (N-methyl/N-ethyl adjacent to an activating group) is 1. The van der Waals surface area contributed by atoms with Crippen LogP contribution in [-0.4, -0.2) is 30.0 Å². The van der Waals surface area contributed by atoms with Crippen LogP contribution >= 0.6 is 11.3 Å². The van der Waals surface area contributed by atoms with Crippen molar-refractivity contribution in [2.24, 2.45) is 0 Å². The van der Waals surface area contributed by atoms with Gasteiger partial charge in [-0.3, -0.25) is 4.98 Å². The highest BCUT2D eigenvalue weighted by Gasteiger charge is 2.16. The topological polar surface area (TPSA) is 25.4 Å². The number of para-hydroxylation sites is 1. The summed E-state index contributed by atoms with van der Waals surface area (Å²) in [6.45, 7) is 2.03. The maximum Gasteiger partial charge on any atom is 0.165 e. The van der Waals surface area contributed by atoms with Crippen molar-refractivity contribution in [2.75, 3.05) is 20.1 Å². The molecule has 0 amide bonds. The Labute approximate surface area is 144 Å². The molecule has 24 heavy (non-hydrogen) atoms. The predicted molar refractivity (Wildman–Crippen MR) is 96.2 cm³/mol. The van der Waals surface area contributed by atoms with Crippen molar-refractivity contribution in [1.29, 1.82) is 0 Å². The number of nitrogens with zero attached hydrogens (tertiary/aromatic N) is 2. The first kappa shape index (κ1) is 15.3. The van der Waals surface area contributed by atoms with Crippen LogP contribution in [0, 0.1) is 5.82 Å². The zero-order valence-corrected chi connectivity index (χ0v) is 14.1. The lowest BCUT2D eigenvalue weighted by atomic mass is 10.1. The zero-order valence-electron chi connectivity index (χ0n) is 13.3. The first-order chi connectivity index (χ1) is 11.7. The number of pyridine rings is 1. The van der Waals surface area contributed by atoms with Crippen LogP contribution in [0.15, 0.2) is 48.7 Å². The van der Waals surface area contributed by atoms with E-state index in [0.717, 1.165) is 29.7 Å². The number of rotatable bonds is 3. The van der Waals surface area contributed by atoms with Gasteiger partial charge in [-0.2, -0.15) is 0 Å². The molecule has 0 N–H and O–H groups in total. The van der Waals surface area contributed by atoms with Crippen molar-refractivity contribution in [1.82, 2.24) is 9.88 Å². The summed E-state index contributed by atoms with van der Waals surface area (Å²) in [5.74, 6) is 0.513. The number of benzene rings is 1. The van der Waals surface area contributed by atoms with Crippen molar-refractivity contribution >= 4 is 27.1 Å². The minimum atomic E-state index is -0.365. The van der Waals surface area contributed by atoms with E-state index in [1.165, 1.54) is 16.5 Å². The van der Waals surface area contributed by atoms with Gasteiger partial charge in [-0.05, 0) is 37.2 Å². The van der Waals surface area contributed by atoms with Crippen LogP contribution in [0.25, 0.3) is 15.8 Å². The second-order valence-electron chi connectivity index (χ2n) is 5.92. The number of thiophene rings is 1. The molecule has 2 aromatic heterocycles. The standard InChI is InChI=1S/C19H17FN2OS/c1-22-10-4-5-13(12-22)18-11-15-19(24-18)17(8-9-21-15)23-16-7-3-2-6-14(16)20/h2-3,5-9,11H,4,10,12H2,1H3. The van der Waals surface area contributed by atoms with Gasteiger partial charge in [0.05, 0.1) is 10.2 Å². The third-order valence-corrected chi connectivity index (χ3v) is 5.31. The van der Waals surface area contributed by atoms with E-state index in [-0.39, 0.29) is 11.6 Å². The number of hydrogen-bond donors (Lipinski definition) is 0. The van der Waals surface area contributed by atoms with Crippen molar-refractivity contribution in [3.63, 3.8) is 0 Å². The lowest BCUT2D eigenvalue weighted by Crippen LogP contribution is -2.24. The van der Waals surface area contributed by atoms with Crippen LogP contribution < -0.4 is 4.74 Å². The van der Waals surface area contributed by atoms with Crippen LogP contribution in [0.1, 0.15) is 11.3 Å². The third-order valence-electron chi connectivity index (χ3n) is 4.09. The molecule has 3 nitrogen and oxygen atoms in total. The molecule has 0 atom stereocenters. The monoisotopic (exact) mass is 340 g/mol. The quantitative estimate of drug-likeness (QED) is 0.675. The zero-order chi connectivity index (χ0) is 16.5. The highest BCUT2D eigenvalue weighted by Crippen LogP contribution is 2.38. The molecule has 0 bridgehead atoms. The molecule has 0 radical (unpaired) electrons. The molecule has 0 saturated heterocycles. The highest BCUT2D eigenvalue weighted by atomic mass is 32.1. The molecule has 0 saturated carbocycles. The van der Waals surface area contributed by atoms with Gasteiger partial charge < -0.3 is 9.64 Å². The van der Waals surface area contributed by atoms with E-state index in [1.807, 2.05) is 0 Å². The number of aromatic nitrogens is 1. The van der Waals surface area contributed by atoms with Gasteiger partial charge in [0.1, 0.15) is 5.75 Å². The summed E-state index contributed by atoms with van der Waals surface area (Å²) in [5.41, 5.74) is 2.21. The van der Waals surface area contributed by atoms with Gasteiger partial charge in [0.25, 0.3) is 0 Å². The summed E-state index contributed by atoms with van der Waals surface area (Å²) in [6.07, 6.45) is 5.06. The molecule has 1 aliphatic heterocycles. The molecule has 0 spiro atoms.